The minimum atomic E-state index is -0.500. The Morgan fingerprint density at radius 1 is 1.21 bits per heavy atom. The van der Waals surface area contributed by atoms with E-state index in [-0.39, 0.29) is 5.69 Å². The van der Waals surface area contributed by atoms with Crippen molar-refractivity contribution in [2.24, 2.45) is 5.10 Å². The van der Waals surface area contributed by atoms with E-state index in [2.05, 4.69) is 54.0 Å². The van der Waals surface area contributed by atoms with Crippen molar-refractivity contribution in [1.29, 1.82) is 0 Å². The van der Waals surface area contributed by atoms with Crippen LogP contribution in [-0.4, -0.2) is 16.1 Å². The van der Waals surface area contributed by atoms with Crippen LogP contribution in [0.3, 0.4) is 0 Å². The van der Waals surface area contributed by atoms with E-state index in [4.69, 9.17) is 4.74 Å². The molecule has 28 heavy (non-hydrogen) atoms. The number of nitrogens with one attached hydrogen (secondary N) is 1. The van der Waals surface area contributed by atoms with E-state index in [0.29, 0.717) is 12.4 Å². The molecule has 0 amide bonds. The first kappa shape index (κ1) is 20.2. The van der Waals surface area contributed by atoms with Crippen LogP contribution in [0.4, 0.5) is 11.5 Å². The number of benzene rings is 2. The standard InChI is InChI=1S/C19H14BrIN4O3/c20-17-9-14(10-23-24-19-8-6-16(11-22-19)25(26)27)3-7-18(17)28-12-13-1-4-15(21)5-2-13/h1-11H,12H2,(H,22,24)/b23-10+. The molecule has 1 N–H and O–H groups in total. The molecule has 2 aromatic carbocycles. The van der Waals surface area contributed by atoms with Crippen molar-refractivity contribution in [3.05, 3.63) is 90.1 Å². The Bertz CT molecular complexity index is 995. The van der Waals surface area contributed by atoms with E-state index in [1.807, 2.05) is 42.5 Å². The number of ether oxygens (including phenoxy) is 1. The minimum Gasteiger partial charge on any atom is -0.488 e. The molecular formula is C19H14BrIN4O3. The molecular weight excluding hydrogens is 539 g/mol. The largest absolute Gasteiger partial charge is 0.488 e. The van der Waals surface area contributed by atoms with Crippen molar-refractivity contribution in [3.63, 3.8) is 0 Å². The smallest absolute Gasteiger partial charge is 0.287 e. The second kappa shape index (κ2) is 9.60. The molecule has 7 nitrogen and oxygen atoms in total. The molecule has 0 unspecified atom stereocenters. The lowest BCUT2D eigenvalue weighted by atomic mass is 10.2. The maximum Gasteiger partial charge on any atom is 0.287 e. The van der Waals surface area contributed by atoms with Gasteiger partial charge in [-0.15, -0.1) is 0 Å². The van der Waals surface area contributed by atoms with Crippen LogP contribution in [-0.2, 0) is 6.61 Å². The van der Waals surface area contributed by atoms with E-state index >= 15 is 0 Å². The van der Waals surface area contributed by atoms with Gasteiger partial charge in [0.25, 0.3) is 5.69 Å². The number of rotatable bonds is 7. The average molecular weight is 553 g/mol. The van der Waals surface area contributed by atoms with Crippen molar-refractivity contribution in [2.75, 3.05) is 5.43 Å². The third-order valence-electron chi connectivity index (χ3n) is 3.61. The van der Waals surface area contributed by atoms with Crippen LogP contribution >= 0.6 is 38.5 Å². The molecule has 0 aliphatic rings. The van der Waals surface area contributed by atoms with Crippen molar-refractivity contribution in [2.45, 2.75) is 6.61 Å². The topological polar surface area (TPSA) is 89.7 Å². The number of nitro groups is 1. The van der Waals surface area contributed by atoms with Crippen molar-refractivity contribution >= 4 is 56.2 Å². The summed E-state index contributed by atoms with van der Waals surface area (Å²) in [6.07, 6.45) is 2.80. The van der Waals surface area contributed by atoms with Gasteiger partial charge in [-0.05, 0) is 86.0 Å². The summed E-state index contributed by atoms with van der Waals surface area (Å²) in [4.78, 5) is 14.0. The summed E-state index contributed by atoms with van der Waals surface area (Å²) in [5, 5.41) is 14.7. The SMILES string of the molecule is O=[N+]([O-])c1ccc(N/N=C/c2ccc(OCc3ccc(I)cc3)c(Br)c2)nc1. The zero-order valence-electron chi connectivity index (χ0n) is 14.4. The molecule has 0 radical (unpaired) electrons. The number of hydrogen-bond acceptors (Lipinski definition) is 6. The van der Waals surface area contributed by atoms with Crippen LogP contribution in [0.5, 0.6) is 5.75 Å². The van der Waals surface area contributed by atoms with E-state index in [9.17, 15) is 10.1 Å². The summed E-state index contributed by atoms with van der Waals surface area (Å²) in [7, 11) is 0. The summed E-state index contributed by atoms with van der Waals surface area (Å²) >= 11 is 5.77. The van der Waals surface area contributed by atoms with Gasteiger partial charge < -0.3 is 4.74 Å². The predicted molar refractivity (Wildman–Crippen MR) is 120 cm³/mol. The first-order valence-electron chi connectivity index (χ1n) is 8.07. The summed E-state index contributed by atoms with van der Waals surface area (Å²) in [5.74, 6) is 1.15. The number of anilines is 1. The molecule has 0 aliphatic carbocycles. The highest BCUT2D eigenvalue weighted by atomic mass is 127. The van der Waals surface area contributed by atoms with Gasteiger partial charge >= 0.3 is 0 Å². The maximum atomic E-state index is 10.6. The van der Waals surface area contributed by atoms with E-state index in [1.54, 1.807) is 6.21 Å². The summed E-state index contributed by atoms with van der Waals surface area (Å²) in [6.45, 7) is 0.482. The third-order valence-corrected chi connectivity index (χ3v) is 4.95. The molecule has 0 atom stereocenters. The Labute approximate surface area is 183 Å². The monoisotopic (exact) mass is 552 g/mol. The lowest BCUT2D eigenvalue weighted by Crippen LogP contribution is -1.97. The number of hydrazone groups is 1. The first-order valence-corrected chi connectivity index (χ1v) is 9.95. The zero-order valence-corrected chi connectivity index (χ0v) is 18.1. The lowest BCUT2D eigenvalue weighted by Gasteiger charge is -2.09. The quantitative estimate of drug-likeness (QED) is 0.184. The fourth-order valence-electron chi connectivity index (χ4n) is 2.19. The van der Waals surface area contributed by atoms with Gasteiger partial charge in [-0.2, -0.15) is 5.10 Å². The Hall–Kier alpha value is -2.53. The van der Waals surface area contributed by atoms with E-state index < -0.39 is 4.92 Å². The number of nitrogens with zero attached hydrogens (tertiary/aromatic N) is 3. The van der Waals surface area contributed by atoms with Gasteiger partial charge in [-0.1, -0.05) is 12.1 Å². The van der Waals surface area contributed by atoms with Crippen molar-refractivity contribution < 1.29 is 9.66 Å². The molecule has 1 heterocycles. The predicted octanol–water partition coefficient (Wildman–Crippen LogP) is 5.38. The van der Waals surface area contributed by atoms with Gasteiger partial charge in [0.05, 0.1) is 15.6 Å². The fraction of sp³-hybridized carbons (Fsp3) is 0.0526. The highest BCUT2D eigenvalue weighted by Crippen LogP contribution is 2.26. The molecule has 1 aromatic heterocycles. The van der Waals surface area contributed by atoms with Crippen LogP contribution in [0.1, 0.15) is 11.1 Å². The Balaban J connectivity index is 1.57. The second-order valence-electron chi connectivity index (χ2n) is 5.63. The molecule has 0 aliphatic heterocycles. The second-order valence-corrected chi connectivity index (χ2v) is 7.73. The highest BCUT2D eigenvalue weighted by molar-refractivity contribution is 14.1. The minimum absolute atomic E-state index is 0.0701. The van der Waals surface area contributed by atoms with E-state index in [0.717, 1.165) is 21.3 Å². The molecule has 0 saturated heterocycles. The Kier molecular flexibility index (Phi) is 6.93. The maximum absolute atomic E-state index is 10.6. The van der Waals surface area contributed by atoms with Gasteiger partial charge in [-0.3, -0.25) is 15.5 Å². The molecule has 0 spiro atoms. The van der Waals surface area contributed by atoms with Crippen LogP contribution in [0.25, 0.3) is 0 Å². The highest BCUT2D eigenvalue weighted by Gasteiger charge is 2.05. The van der Waals surface area contributed by atoms with Gasteiger partial charge in [0, 0.05) is 9.64 Å². The molecule has 3 aromatic rings. The fourth-order valence-corrected chi connectivity index (χ4v) is 3.06. The lowest BCUT2D eigenvalue weighted by molar-refractivity contribution is -0.385. The summed E-state index contributed by atoms with van der Waals surface area (Å²) < 4.78 is 7.85. The van der Waals surface area contributed by atoms with Gasteiger partial charge in [-0.25, -0.2) is 4.98 Å². The summed E-state index contributed by atoms with van der Waals surface area (Å²) in [6, 6.07) is 16.6. The summed E-state index contributed by atoms with van der Waals surface area (Å²) in [5.41, 5.74) is 4.61. The van der Waals surface area contributed by atoms with Crippen molar-refractivity contribution in [1.82, 2.24) is 4.98 Å². The number of pyridine rings is 1. The number of hydrogen-bond donors (Lipinski definition) is 1. The molecule has 0 saturated carbocycles. The van der Waals surface area contributed by atoms with E-state index in [1.165, 1.54) is 21.9 Å². The number of aromatic nitrogens is 1. The number of halogens is 2. The zero-order chi connectivity index (χ0) is 19.9. The van der Waals surface area contributed by atoms with Gasteiger partial charge in [0.1, 0.15) is 24.4 Å². The molecule has 9 heteroatoms. The normalized spacial score (nSPS) is 10.8. The molecule has 142 valence electrons. The first-order chi connectivity index (χ1) is 13.5. The van der Waals surface area contributed by atoms with Crippen LogP contribution in [0.15, 0.2) is 70.4 Å². The van der Waals surface area contributed by atoms with Crippen LogP contribution in [0.2, 0.25) is 0 Å². The Morgan fingerprint density at radius 2 is 2.00 bits per heavy atom. The van der Waals surface area contributed by atoms with Crippen LogP contribution < -0.4 is 10.2 Å². The molecule has 0 bridgehead atoms. The van der Waals surface area contributed by atoms with Gasteiger partial charge in [0.2, 0.25) is 0 Å². The third kappa shape index (κ3) is 5.73. The van der Waals surface area contributed by atoms with Gasteiger partial charge in [0.15, 0.2) is 0 Å². The van der Waals surface area contributed by atoms with Crippen LogP contribution in [0, 0.1) is 13.7 Å². The molecule has 3 rings (SSSR count). The average Bonchev–Trinajstić information content (AvgIpc) is 2.69. The Morgan fingerprint density at radius 3 is 2.64 bits per heavy atom. The molecule has 0 fully saturated rings. The van der Waals surface area contributed by atoms with Crippen molar-refractivity contribution in [3.8, 4) is 5.75 Å².